The van der Waals surface area contributed by atoms with Crippen LogP contribution in [0.5, 0.6) is 0 Å². The smallest absolute Gasteiger partial charge is 0.154 e. The summed E-state index contributed by atoms with van der Waals surface area (Å²) in [5, 5.41) is 7.83. The zero-order valence-corrected chi connectivity index (χ0v) is 9.82. The fourth-order valence-corrected chi connectivity index (χ4v) is 1.58. The first-order valence-corrected chi connectivity index (χ1v) is 5.77. The van der Waals surface area contributed by atoms with Gasteiger partial charge >= 0.3 is 0 Å². The highest BCUT2D eigenvalue weighted by Crippen LogP contribution is 2.37. The number of aromatic nitrogens is 3. The van der Waals surface area contributed by atoms with Gasteiger partial charge in [0, 0.05) is 13.0 Å². The van der Waals surface area contributed by atoms with E-state index in [4.69, 9.17) is 0 Å². The lowest BCUT2D eigenvalue weighted by molar-refractivity contribution is 0.531. The zero-order valence-electron chi connectivity index (χ0n) is 9.82. The molecule has 1 aliphatic carbocycles. The predicted molar refractivity (Wildman–Crippen MR) is 59.5 cm³/mol. The molecule has 1 aromatic rings. The highest BCUT2D eigenvalue weighted by atomic mass is 15.3. The van der Waals surface area contributed by atoms with Crippen LogP contribution >= 0.6 is 0 Å². The second-order valence-corrected chi connectivity index (χ2v) is 4.81. The largest absolute Gasteiger partial charge is 0.310 e. The molecule has 1 aliphatic rings. The molecular formula is C11H20N4. The molecule has 0 aliphatic heterocycles. The Morgan fingerprint density at radius 3 is 2.80 bits per heavy atom. The van der Waals surface area contributed by atoms with E-state index in [0.29, 0.717) is 11.8 Å². The number of hydrogen-bond donors (Lipinski definition) is 1. The third-order valence-electron chi connectivity index (χ3n) is 2.65. The van der Waals surface area contributed by atoms with Crippen LogP contribution in [0.25, 0.3) is 0 Å². The van der Waals surface area contributed by atoms with Crippen LogP contribution in [0.4, 0.5) is 0 Å². The molecule has 1 saturated carbocycles. The molecule has 0 spiro atoms. The molecule has 0 unspecified atom stereocenters. The van der Waals surface area contributed by atoms with Crippen molar-refractivity contribution in [1.82, 2.24) is 20.1 Å². The van der Waals surface area contributed by atoms with Gasteiger partial charge in [-0.3, -0.25) is 4.68 Å². The highest BCUT2D eigenvalue weighted by Gasteiger charge is 2.28. The maximum Gasteiger partial charge on any atom is 0.154 e. The van der Waals surface area contributed by atoms with Crippen LogP contribution in [-0.4, -0.2) is 21.3 Å². The van der Waals surface area contributed by atoms with Crippen LogP contribution < -0.4 is 5.32 Å². The molecule has 0 aromatic carbocycles. The van der Waals surface area contributed by atoms with Crippen LogP contribution in [-0.2, 0) is 13.6 Å². The van der Waals surface area contributed by atoms with Gasteiger partial charge in [0.05, 0.1) is 6.54 Å². The normalized spacial score (nSPS) is 16.3. The molecule has 1 heterocycles. The van der Waals surface area contributed by atoms with Crippen molar-refractivity contribution in [2.45, 2.75) is 39.2 Å². The third kappa shape index (κ3) is 2.78. The van der Waals surface area contributed by atoms with Crippen LogP contribution in [0, 0.1) is 5.92 Å². The van der Waals surface area contributed by atoms with E-state index in [1.165, 1.54) is 12.8 Å². The predicted octanol–water partition coefficient (Wildman–Crippen LogP) is 1.44. The monoisotopic (exact) mass is 208 g/mol. The van der Waals surface area contributed by atoms with Gasteiger partial charge in [-0.25, -0.2) is 4.98 Å². The number of nitrogens with one attached hydrogen (secondary N) is 1. The Morgan fingerprint density at radius 2 is 2.20 bits per heavy atom. The Hall–Kier alpha value is -0.900. The summed E-state index contributed by atoms with van der Waals surface area (Å²) in [4.78, 5) is 4.56. The second kappa shape index (κ2) is 4.31. The van der Waals surface area contributed by atoms with Gasteiger partial charge in [-0.05, 0) is 25.3 Å². The molecule has 84 valence electrons. The number of nitrogens with zero attached hydrogens (tertiary/aromatic N) is 3. The molecule has 0 bridgehead atoms. The fraction of sp³-hybridized carbons (Fsp3) is 0.818. The van der Waals surface area contributed by atoms with Gasteiger partial charge in [0.1, 0.15) is 5.82 Å². The maximum atomic E-state index is 4.56. The quantitative estimate of drug-likeness (QED) is 0.796. The lowest BCUT2D eigenvalue weighted by Crippen LogP contribution is -2.21. The van der Waals surface area contributed by atoms with Crippen molar-refractivity contribution in [2.24, 2.45) is 13.0 Å². The zero-order chi connectivity index (χ0) is 10.8. The van der Waals surface area contributed by atoms with Crippen molar-refractivity contribution in [1.29, 1.82) is 0 Å². The lowest BCUT2D eigenvalue weighted by atomic mass is 10.2. The minimum absolute atomic E-state index is 0.648. The molecular weight excluding hydrogens is 188 g/mol. The summed E-state index contributed by atoms with van der Waals surface area (Å²) in [5.74, 6) is 3.42. The number of aryl methyl sites for hydroxylation is 1. The second-order valence-electron chi connectivity index (χ2n) is 4.81. The van der Waals surface area contributed by atoms with E-state index < -0.39 is 0 Å². The van der Waals surface area contributed by atoms with Crippen molar-refractivity contribution in [3.05, 3.63) is 11.6 Å². The van der Waals surface area contributed by atoms with E-state index in [1.807, 2.05) is 11.7 Å². The minimum Gasteiger partial charge on any atom is -0.310 e. The summed E-state index contributed by atoms with van der Waals surface area (Å²) in [5.41, 5.74) is 0. The Morgan fingerprint density at radius 1 is 1.47 bits per heavy atom. The van der Waals surface area contributed by atoms with Gasteiger partial charge in [-0.2, -0.15) is 5.10 Å². The summed E-state index contributed by atoms with van der Waals surface area (Å²) < 4.78 is 1.90. The Bertz CT molecular complexity index is 325. The van der Waals surface area contributed by atoms with Crippen molar-refractivity contribution < 1.29 is 0 Å². The summed E-state index contributed by atoms with van der Waals surface area (Å²) in [6, 6.07) is 0. The van der Waals surface area contributed by atoms with Crippen LogP contribution in [0.1, 0.15) is 44.3 Å². The molecule has 1 N–H and O–H groups in total. The molecule has 0 radical (unpaired) electrons. The summed E-state index contributed by atoms with van der Waals surface area (Å²) in [6.45, 7) is 6.28. The SMILES string of the molecule is CC(C)CNCc1nc(C2CC2)nn1C. The van der Waals surface area contributed by atoms with E-state index in [1.54, 1.807) is 0 Å². The summed E-state index contributed by atoms with van der Waals surface area (Å²) in [7, 11) is 1.98. The average Bonchev–Trinajstić information content (AvgIpc) is 2.93. The molecule has 0 saturated heterocycles. The minimum atomic E-state index is 0.648. The Kier molecular flexibility index (Phi) is 3.05. The van der Waals surface area contributed by atoms with Gasteiger partial charge in [0.25, 0.3) is 0 Å². The molecule has 4 heteroatoms. The van der Waals surface area contributed by atoms with Gasteiger partial charge < -0.3 is 5.32 Å². The van der Waals surface area contributed by atoms with Crippen LogP contribution in [0.3, 0.4) is 0 Å². The van der Waals surface area contributed by atoms with Gasteiger partial charge in [-0.1, -0.05) is 13.8 Å². The molecule has 1 fully saturated rings. The van der Waals surface area contributed by atoms with Gasteiger partial charge in [0.15, 0.2) is 5.82 Å². The highest BCUT2D eigenvalue weighted by molar-refractivity contribution is 5.05. The van der Waals surface area contributed by atoms with Crippen molar-refractivity contribution in [2.75, 3.05) is 6.54 Å². The first-order chi connectivity index (χ1) is 7.16. The van der Waals surface area contributed by atoms with Crippen molar-refractivity contribution >= 4 is 0 Å². The van der Waals surface area contributed by atoms with E-state index in [2.05, 4.69) is 29.2 Å². The van der Waals surface area contributed by atoms with E-state index in [-0.39, 0.29) is 0 Å². The molecule has 15 heavy (non-hydrogen) atoms. The molecule has 1 aromatic heterocycles. The summed E-state index contributed by atoms with van der Waals surface area (Å²) >= 11 is 0. The first kappa shape index (κ1) is 10.6. The van der Waals surface area contributed by atoms with E-state index in [9.17, 15) is 0 Å². The van der Waals surface area contributed by atoms with Crippen LogP contribution in [0.2, 0.25) is 0 Å². The van der Waals surface area contributed by atoms with Crippen molar-refractivity contribution in [3.8, 4) is 0 Å². The number of hydrogen-bond acceptors (Lipinski definition) is 3. The van der Waals surface area contributed by atoms with E-state index >= 15 is 0 Å². The molecule has 0 amide bonds. The summed E-state index contributed by atoms with van der Waals surface area (Å²) in [6.07, 6.45) is 2.53. The topological polar surface area (TPSA) is 42.7 Å². The first-order valence-electron chi connectivity index (χ1n) is 5.77. The fourth-order valence-electron chi connectivity index (χ4n) is 1.58. The van der Waals surface area contributed by atoms with E-state index in [0.717, 1.165) is 24.7 Å². The third-order valence-corrected chi connectivity index (χ3v) is 2.65. The lowest BCUT2D eigenvalue weighted by Gasteiger charge is -2.05. The van der Waals surface area contributed by atoms with Crippen LogP contribution in [0.15, 0.2) is 0 Å². The molecule has 0 atom stereocenters. The van der Waals surface area contributed by atoms with Gasteiger partial charge in [0.2, 0.25) is 0 Å². The Labute approximate surface area is 91.1 Å². The van der Waals surface area contributed by atoms with Gasteiger partial charge in [-0.15, -0.1) is 0 Å². The Balaban J connectivity index is 1.89. The maximum absolute atomic E-state index is 4.56. The molecule has 4 nitrogen and oxygen atoms in total. The van der Waals surface area contributed by atoms with Crippen molar-refractivity contribution in [3.63, 3.8) is 0 Å². The molecule has 2 rings (SSSR count). The standard InChI is InChI=1S/C11H20N4/c1-8(2)6-12-7-10-13-11(9-4-5-9)14-15(10)3/h8-9,12H,4-7H2,1-3H3. The average molecular weight is 208 g/mol. The number of rotatable bonds is 5.